The molecule has 3 nitrogen and oxygen atoms in total. The molecular weight excluding hydrogens is 220 g/mol. The number of aryl methyl sites for hydroxylation is 1. The van der Waals surface area contributed by atoms with Gasteiger partial charge < -0.3 is 10.6 Å². The second-order valence-corrected chi connectivity index (χ2v) is 5.59. The van der Waals surface area contributed by atoms with Gasteiger partial charge >= 0.3 is 0 Å². The normalized spacial score (nSPS) is 12.8. The Kier molecular flexibility index (Phi) is 4.96. The van der Waals surface area contributed by atoms with E-state index in [-0.39, 0.29) is 18.0 Å². The Morgan fingerprint density at radius 2 is 2.06 bits per heavy atom. The van der Waals surface area contributed by atoms with E-state index in [1.54, 1.807) is 11.3 Å². The third-order valence-electron chi connectivity index (χ3n) is 2.21. The average Bonchev–Trinajstić information content (AvgIpc) is 2.60. The Morgan fingerprint density at radius 1 is 1.38 bits per heavy atom. The maximum absolute atomic E-state index is 11.4. The van der Waals surface area contributed by atoms with Crippen molar-refractivity contribution in [1.82, 2.24) is 10.6 Å². The highest BCUT2D eigenvalue weighted by Gasteiger charge is 2.09. The van der Waals surface area contributed by atoms with Crippen molar-refractivity contribution in [2.75, 3.05) is 6.54 Å². The van der Waals surface area contributed by atoms with Crippen molar-refractivity contribution >= 4 is 17.2 Å². The molecule has 0 saturated carbocycles. The van der Waals surface area contributed by atoms with E-state index in [4.69, 9.17) is 0 Å². The minimum absolute atomic E-state index is 0.0510. The van der Waals surface area contributed by atoms with E-state index in [1.165, 1.54) is 9.75 Å². The van der Waals surface area contributed by atoms with Crippen molar-refractivity contribution in [2.24, 2.45) is 0 Å². The zero-order valence-corrected chi connectivity index (χ0v) is 11.1. The van der Waals surface area contributed by atoms with Crippen LogP contribution < -0.4 is 10.6 Å². The molecule has 0 radical (unpaired) electrons. The fraction of sp³-hybridized carbons (Fsp3) is 0.583. The van der Waals surface area contributed by atoms with Crippen molar-refractivity contribution in [3.05, 3.63) is 21.9 Å². The Morgan fingerprint density at radius 3 is 2.56 bits per heavy atom. The fourth-order valence-corrected chi connectivity index (χ4v) is 2.31. The maximum Gasteiger partial charge on any atom is 0.234 e. The van der Waals surface area contributed by atoms with Gasteiger partial charge in [0.15, 0.2) is 0 Å². The first-order valence-corrected chi connectivity index (χ1v) is 6.39. The molecule has 0 aliphatic rings. The third-order valence-corrected chi connectivity index (χ3v) is 3.39. The molecule has 90 valence electrons. The molecule has 0 aliphatic heterocycles. The van der Waals surface area contributed by atoms with Gasteiger partial charge in [-0.05, 0) is 39.8 Å². The summed E-state index contributed by atoms with van der Waals surface area (Å²) in [5.41, 5.74) is 0. The minimum atomic E-state index is 0.0510. The molecule has 0 saturated heterocycles. The smallest absolute Gasteiger partial charge is 0.234 e. The molecule has 4 heteroatoms. The number of carbonyl (C=O) groups excluding carboxylic acids is 1. The first kappa shape index (κ1) is 13.2. The number of hydrogen-bond donors (Lipinski definition) is 2. The van der Waals surface area contributed by atoms with E-state index in [0.29, 0.717) is 6.54 Å². The van der Waals surface area contributed by atoms with E-state index < -0.39 is 0 Å². The lowest BCUT2D eigenvalue weighted by Crippen LogP contribution is -2.38. The maximum atomic E-state index is 11.4. The lowest BCUT2D eigenvalue weighted by atomic mass is 10.2. The Balaban J connectivity index is 2.35. The standard InChI is InChI=1S/C12H20N2OS/c1-8(2)14-12(15)7-13-10(4)11-6-5-9(3)16-11/h5-6,8,10,13H,7H2,1-4H3,(H,14,15). The van der Waals surface area contributed by atoms with Crippen molar-refractivity contribution in [1.29, 1.82) is 0 Å². The SMILES string of the molecule is Cc1ccc(C(C)NCC(=O)NC(C)C)s1. The van der Waals surface area contributed by atoms with Gasteiger partial charge in [-0.15, -0.1) is 11.3 Å². The number of nitrogens with one attached hydrogen (secondary N) is 2. The highest BCUT2D eigenvalue weighted by molar-refractivity contribution is 7.12. The summed E-state index contributed by atoms with van der Waals surface area (Å²) in [7, 11) is 0. The molecule has 1 aromatic rings. The summed E-state index contributed by atoms with van der Waals surface area (Å²) in [6, 6.07) is 4.65. The molecule has 0 spiro atoms. The van der Waals surface area contributed by atoms with Gasteiger partial charge in [0.05, 0.1) is 6.54 Å². The van der Waals surface area contributed by atoms with Crippen LogP contribution in [0.4, 0.5) is 0 Å². The molecule has 0 aromatic carbocycles. The molecule has 1 aromatic heterocycles. The van der Waals surface area contributed by atoms with Crippen LogP contribution in [0.2, 0.25) is 0 Å². The van der Waals surface area contributed by atoms with E-state index in [2.05, 4.69) is 36.6 Å². The molecule has 16 heavy (non-hydrogen) atoms. The zero-order chi connectivity index (χ0) is 12.1. The van der Waals surface area contributed by atoms with E-state index in [1.807, 2.05) is 13.8 Å². The number of carbonyl (C=O) groups is 1. The predicted molar refractivity (Wildman–Crippen MR) is 68.8 cm³/mol. The Hall–Kier alpha value is -0.870. The summed E-state index contributed by atoms with van der Waals surface area (Å²) < 4.78 is 0. The largest absolute Gasteiger partial charge is 0.353 e. The predicted octanol–water partition coefficient (Wildman–Crippen LogP) is 2.23. The summed E-state index contributed by atoms with van der Waals surface area (Å²) in [6.45, 7) is 8.46. The molecular formula is C12H20N2OS. The molecule has 0 fully saturated rings. The number of amides is 1. The highest BCUT2D eigenvalue weighted by atomic mass is 32.1. The van der Waals surface area contributed by atoms with Gasteiger partial charge in [-0.2, -0.15) is 0 Å². The van der Waals surface area contributed by atoms with Gasteiger partial charge in [-0.25, -0.2) is 0 Å². The van der Waals surface area contributed by atoms with Gasteiger partial charge in [-0.1, -0.05) is 0 Å². The molecule has 1 heterocycles. The van der Waals surface area contributed by atoms with Crippen molar-refractivity contribution < 1.29 is 4.79 Å². The fourth-order valence-electron chi connectivity index (χ4n) is 1.41. The van der Waals surface area contributed by atoms with E-state index in [0.717, 1.165) is 0 Å². The molecule has 0 aliphatic carbocycles. The monoisotopic (exact) mass is 240 g/mol. The first-order chi connectivity index (χ1) is 7.49. The van der Waals surface area contributed by atoms with E-state index in [9.17, 15) is 4.79 Å². The van der Waals surface area contributed by atoms with Crippen LogP contribution in [0.3, 0.4) is 0 Å². The van der Waals surface area contributed by atoms with Crippen molar-refractivity contribution in [3.8, 4) is 0 Å². The van der Waals surface area contributed by atoms with Crippen LogP contribution in [-0.2, 0) is 4.79 Å². The zero-order valence-electron chi connectivity index (χ0n) is 10.3. The number of hydrogen-bond acceptors (Lipinski definition) is 3. The van der Waals surface area contributed by atoms with Crippen LogP contribution in [0.5, 0.6) is 0 Å². The number of rotatable bonds is 5. The molecule has 1 amide bonds. The lowest BCUT2D eigenvalue weighted by Gasteiger charge is -2.13. The van der Waals surface area contributed by atoms with Crippen molar-refractivity contribution in [3.63, 3.8) is 0 Å². The molecule has 2 N–H and O–H groups in total. The van der Waals surface area contributed by atoms with Crippen LogP contribution in [-0.4, -0.2) is 18.5 Å². The minimum Gasteiger partial charge on any atom is -0.353 e. The summed E-state index contributed by atoms with van der Waals surface area (Å²) in [4.78, 5) is 14.0. The van der Waals surface area contributed by atoms with E-state index >= 15 is 0 Å². The van der Waals surface area contributed by atoms with Gasteiger partial charge in [0.2, 0.25) is 5.91 Å². The van der Waals surface area contributed by atoms with Gasteiger partial charge in [0.1, 0.15) is 0 Å². The van der Waals surface area contributed by atoms with Crippen LogP contribution in [0, 0.1) is 6.92 Å². The van der Waals surface area contributed by atoms with Gasteiger partial charge in [0.25, 0.3) is 0 Å². The highest BCUT2D eigenvalue weighted by Crippen LogP contribution is 2.21. The summed E-state index contributed by atoms with van der Waals surface area (Å²) in [5, 5.41) is 6.07. The van der Waals surface area contributed by atoms with Crippen LogP contribution in [0.15, 0.2) is 12.1 Å². The lowest BCUT2D eigenvalue weighted by molar-refractivity contribution is -0.120. The second-order valence-electron chi connectivity index (χ2n) is 4.27. The quantitative estimate of drug-likeness (QED) is 0.828. The van der Waals surface area contributed by atoms with Gasteiger partial charge in [-0.3, -0.25) is 4.79 Å². The molecule has 1 rings (SSSR count). The first-order valence-electron chi connectivity index (χ1n) is 5.58. The Labute approximate surface area is 101 Å². The van der Waals surface area contributed by atoms with Crippen molar-refractivity contribution in [2.45, 2.75) is 39.8 Å². The van der Waals surface area contributed by atoms with Crippen LogP contribution in [0.1, 0.15) is 36.6 Å². The molecule has 0 bridgehead atoms. The average molecular weight is 240 g/mol. The van der Waals surface area contributed by atoms with Crippen LogP contribution in [0.25, 0.3) is 0 Å². The topological polar surface area (TPSA) is 41.1 Å². The van der Waals surface area contributed by atoms with Crippen LogP contribution >= 0.6 is 11.3 Å². The molecule has 1 atom stereocenters. The second kappa shape index (κ2) is 6.01. The molecule has 1 unspecified atom stereocenters. The Bertz CT molecular complexity index is 347. The number of thiophene rings is 1. The van der Waals surface area contributed by atoms with Gasteiger partial charge in [0, 0.05) is 21.8 Å². The summed E-state index contributed by atoms with van der Waals surface area (Å²) in [5.74, 6) is 0.0510. The summed E-state index contributed by atoms with van der Waals surface area (Å²) >= 11 is 1.77. The third kappa shape index (κ3) is 4.33. The summed E-state index contributed by atoms with van der Waals surface area (Å²) in [6.07, 6.45) is 0.